The van der Waals surface area contributed by atoms with Crippen LogP contribution in [0.5, 0.6) is 0 Å². The lowest BCUT2D eigenvalue weighted by Crippen LogP contribution is -2.47. The molecule has 7 nitrogen and oxygen atoms in total. The maximum atomic E-state index is 13.0. The van der Waals surface area contributed by atoms with E-state index in [-0.39, 0.29) is 18.0 Å². The molecular weight excluding hydrogens is 354 g/mol. The summed E-state index contributed by atoms with van der Waals surface area (Å²) in [5.74, 6) is -0.0329. The number of para-hydroxylation sites is 1. The molecule has 1 aliphatic rings. The summed E-state index contributed by atoms with van der Waals surface area (Å²) in [7, 11) is 0. The van der Waals surface area contributed by atoms with Crippen molar-refractivity contribution >= 4 is 23.3 Å². The van der Waals surface area contributed by atoms with Crippen LogP contribution in [-0.4, -0.2) is 45.8 Å². The minimum Gasteiger partial charge on any atom is -0.313 e. The fourth-order valence-electron chi connectivity index (χ4n) is 3.85. The Hall–Kier alpha value is -2.83. The Bertz CT molecular complexity index is 859. The highest BCUT2D eigenvalue weighted by Crippen LogP contribution is 2.26. The Kier molecular flexibility index (Phi) is 5.72. The quantitative estimate of drug-likeness (QED) is 0.855. The van der Waals surface area contributed by atoms with Gasteiger partial charge in [0.1, 0.15) is 6.04 Å². The topological polar surface area (TPSA) is 70.5 Å². The summed E-state index contributed by atoms with van der Waals surface area (Å²) >= 11 is 0. The van der Waals surface area contributed by atoms with Crippen molar-refractivity contribution in [2.45, 2.75) is 53.1 Å². The van der Waals surface area contributed by atoms with Crippen LogP contribution < -0.4 is 10.2 Å². The monoisotopic (exact) mass is 383 g/mol. The molecule has 1 aliphatic heterocycles. The molecule has 28 heavy (non-hydrogen) atoms. The lowest BCUT2D eigenvalue weighted by molar-refractivity contribution is -0.120. The molecule has 1 aromatic carbocycles. The Morgan fingerprint density at radius 1 is 1.29 bits per heavy atom. The summed E-state index contributed by atoms with van der Waals surface area (Å²) < 4.78 is 1.90. The third kappa shape index (κ3) is 3.61. The van der Waals surface area contributed by atoms with E-state index in [0.717, 1.165) is 22.8 Å². The fraction of sp³-hybridized carbons (Fsp3) is 0.476. The largest absolute Gasteiger partial charge is 0.322 e. The van der Waals surface area contributed by atoms with Crippen LogP contribution in [0.3, 0.4) is 0 Å². The van der Waals surface area contributed by atoms with Crippen molar-refractivity contribution < 1.29 is 9.59 Å². The summed E-state index contributed by atoms with van der Waals surface area (Å²) in [4.78, 5) is 29.4. The Balaban J connectivity index is 1.77. The van der Waals surface area contributed by atoms with Crippen LogP contribution in [0.1, 0.15) is 44.6 Å². The van der Waals surface area contributed by atoms with Gasteiger partial charge in [0.05, 0.1) is 17.1 Å². The molecule has 1 atom stereocenters. The van der Waals surface area contributed by atoms with Gasteiger partial charge in [-0.15, -0.1) is 0 Å². The maximum absolute atomic E-state index is 13.0. The number of amides is 3. The lowest BCUT2D eigenvalue weighted by atomic mass is 10.2. The van der Waals surface area contributed by atoms with Crippen molar-refractivity contribution in [3.8, 4) is 0 Å². The van der Waals surface area contributed by atoms with Crippen molar-refractivity contribution in [2.24, 2.45) is 0 Å². The van der Waals surface area contributed by atoms with Crippen molar-refractivity contribution in [3.63, 3.8) is 0 Å². The highest BCUT2D eigenvalue weighted by Gasteiger charge is 2.38. The normalized spacial score (nSPS) is 16.7. The Morgan fingerprint density at radius 3 is 2.54 bits per heavy atom. The first-order valence-corrected chi connectivity index (χ1v) is 9.84. The molecular formula is C21H29N5O2. The van der Waals surface area contributed by atoms with E-state index < -0.39 is 6.04 Å². The molecule has 2 aromatic rings. The van der Waals surface area contributed by atoms with E-state index in [0.29, 0.717) is 19.5 Å². The highest BCUT2D eigenvalue weighted by atomic mass is 16.2. The van der Waals surface area contributed by atoms with E-state index >= 15 is 0 Å². The number of urea groups is 1. The van der Waals surface area contributed by atoms with Crippen LogP contribution in [0.15, 0.2) is 30.3 Å². The number of likely N-dealkylation sites (N-methyl/N-ethyl adjacent to an activating group) is 1. The number of carbonyl (C=O) groups is 2. The van der Waals surface area contributed by atoms with Gasteiger partial charge in [-0.1, -0.05) is 18.2 Å². The second kappa shape index (κ2) is 8.04. The first-order chi connectivity index (χ1) is 13.3. The average Bonchev–Trinajstić information content (AvgIpc) is 3.18. The number of hydrogen-bond acceptors (Lipinski definition) is 3. The van der Waals surface area contributed by atoms with Gasteiger partial charge in [0, 0.05) is 24.8 Å². The third-order valence-corrected chi connectivity index (χ3v) is 5.27. The first-order valence-electron chi connectivity index (χ1n) is 9.84. The van der Waals surface area contributed by atoms with Crippen LogP contribution in [-0.2, 0) is 4.79 Å². The number of aromatic nitrogens is 2. The molecule has 0 aliphatic carbocycles. The van der Waals surface area contributed by atoms with Crippen LogP contribution in [0.4, 0.5) is 16.2 Å². The molecule has 3 rings (SSSR count). The molecule has 0 bridgehead atoms. The zero-order chi connectivity index (χ0) is 20.4. The summed E-state index contributed by atoms with van der Waals surface area (Å²) in [5.41, 5.74) is 3.29. The van der Waals surface area contributed by atoms with E-state index in [2.05, 4.69) is 24.3 Å². The van der Waals surface area contributed by atoms with Gasteiger partial charge in [-0.3, -0.25) is 9.48 Å². The van der Waals surface area contributed by atoms with Crippen LogP contribution in [0, 0.1) is 13.8 Å². The predicted molar refractivity (Wildman–Crippen MR) is 111 cm³/mol. The van der Waals surface area contributed by atoms with Crippen LogP contribution in [0.25, 0.3) is 0 Å². The van der Waals surface area contributed by atoms with Crippen LogP contribution >= 0.6 is 0 Å². The molecule has 1 N–H and O–H groups in total. The standard InChI is InChI=1S/C21H29N5O2/c1-6-24(18-12-13-25(20(18)27)17-10-8-7-9-11-17)21(28)22-19-15(4)23-26(14(2)3)16(19)5/h7-11,14,18H,6,12-13H2,1-5H3,(H,22,28)/t18-/m1/s1. The van der Waals surface area contributed by atoms with Gasteiger partial charge in [-0.2, -0.15) is 5.10 Å². The van der Waals surface area contributed by atoms with Crippen molar-refractivity contribution in [1.82, 2.24) is 14.7 Å². The number of hydrogen-bond donors (Lipinski definition) is 1. The number of nitrogens with zero attached hydrogens (tertiary/aromatic N) is 4. The summed E-state index contributed by atoms with van der Waals surface area (Å²) in [6.45, 7) is 10.9. The first kappa shape index (κ1) is 19.9. The summed E-state index contributed by atoms with van der Waals surface area (Å²) in [5, 5.41) is 7.51. The number of carbonyl (C=O) groups excluding carboxylic acids is 2. The van der Waals surface area contributed by atoms with Gasteiger partial charge < -0.3 is 15.1 Å². The number of rotatable bonds is 5. The Morgan fingerprint density at radius 2 is 1.96 bits per heavy atom. The summed E-state index contributed by atoms with van der Waals surface area (Å²) in [6.07, 6.45) is 0.623. The molecule has 1 saturated heterocycles. The van der Waals surface area contributed by atoms with E-state index in [1.165, 1.54) is 0 Å². The second-order valence-corrected chi connectivity index (χ2v) is 7.43. The zero-order valence-corrected chi connectivity index (χ0v) is 17.3. The van der Waals surface area contributed by atoms with Gasteiger partial charge in [0.2, 0.25) is 5.91 Å². The van der Waals surface area contributed by atoms with E-state index in [1.807, 2.05) is 55.8 Å². The molecule has 150 valence electrons. The summed E-state index contributed by atoms with van der Waals surface area (Å²) in [6, 6.07) is 9.10. The third-order valence-electron chi connectivity index (χ3n) is 5.27. The molecule has 0 radical (unpaired) electrons. The number of nitrogens with one attached hydrogen (secondary N) is 1. The maximum Gasteiger partial charge on any atom is 0.322 e. The number of benzene rings is 1. The second-order valence-electron chi connectivity index (χ2n) is 7.43. The van der Waals surface area contributed by atoms with Gasteiger partial charge in [-0.25, -0.2) is 4.79 Å². The highest BCUT2D eigenvalue weighted by molar-refractivity contribution is 6.02. The van der Waals surface area contributed by atoms with Gasteiger partial charge in [-0.05, 0) is 53.2 Å². The molecule has 3 amide bonds. The van der Waals surface area contributed by atoms with Crippen molar-refractivity contribution in [3.05, 3.63) is 41.7 Å². The van der Waals surface area contributed by atoms with Crippen molar-refractivity contribution in [2.75, 3.05) is 23.3 Å². The smallest absolute Gasteiger partial charge is 0.313 e. The van der Waals surface area contributed by atoms with Crippen molar-refractivity contribution in [1.29, 1.82) is 0 Å². The van der Waals surface area contributed by atoms with Gasteiger partial charge in [0.15, 0.2) is 0 Å². The number of aryl methyl sites for hydroxylation is 1. The van der Waals surface area contributed by atoms with E-state index in [4.69, 9.17) is 0 Å². The lowest BCUT2D eigenvalue weighted by Gasteiger charge is -2.27. The Labute approximate surface area is 166 Å². The molecule has 2 heterocycles. The molecule has 7 heteroatoms. The predicted octanol–water partition coefficient (Wildman–Crippen LogP) is 3.74. The van der Waals surface area contributed by atoms with Crippen LogP contribution in [0.2, 0.25) is 0 Å². The number of anilines is 2. The van der Waals surface area contributed by atoms with Gasteiger partial charge >= 0.3 is 6.03 Å². The van der Waals surface area contributed by atoms with E-state index in [9.17, 15) is 9.59 Å². The molecule has 0 unspecified atom stereocenters. The molecule has 1 aromatic heterocycles. The SMILES string of the molecule is CCN(C(=O)Nc1c(C)nn(C(C)C)c1C)[C@@H]1CCN(c2ccccc2)C1=O. The minimum absolute atomic E-state index is 0.0329. The van der Waals surface area contributed by atoms with E-state index in [1.54, 1.807) is 9.80 Å². The fourth-order valence-corrected chi connectivity index (χ4v) is 3.85. The zero-order valence-electron chi connectivity index (χ0n) is 17.3. The molecule has 1 fully saturated rings. The average molecular weight is 383 g/mol. The molecule has 0 saturated carbocycles. The van der Waals surface area contributed by atoms with Gasteiger partial charge in [0.25, 0.3) is 0 Å². The molecule has 0 spiro atoms. The minimum atomic E-state index is -0.453.